The van der Waals surface area contributed by atoms with E-state index in [9.17, 15) is 0 Å². The van der Waals surface area contributed by atoms with Crippen molar-refractivity contribution in [1.29, 1.82) is 0 Å². The van der Waals surface area contributed by atoms with Gasteiger partial charge in [0.15, 0.2) is 0 Å². The molecule has 0 heterocycles. The van der Waals surface area contributed by atoms with Crippen molar-refractivity contribution in [3.63, 3.8) is 0 Å². The van der Waals surface area contributed by atoms with Crippen molar-refractivity contribution in [2.45, 2.75) is 78.2 Å². The largest absolute Gasteiger partial charge is 0.313 e. The Hall–Kier alpha value is -0.0800. The van der Waals surface area contributed by atoms with Crippen molar-refractivity contribution >= 4 is 0 Å². The number of hydrogen-bond acceptors (Lipinski definition) is 2. The minimum absolute atomic E-state index is 0.569. The molecule has 0 radical (unpaired) electrons. The molecule has 0 unspecified atom stereocenters. The van der Waals surface area contributed by atoms with Crippen LogP contribution < -0.4 is 5.32 Å². The Morgan fingerprint density at radius 2 is 1.60 bits per heavy atom. The van der Waals surface area contributed by atoms with Crippen molar-refractivity contribution in [3.8, 4) is 0 Å². The second kappa shape index (κ2) is 7.79. The predicted octanol–water partition coefficient (Wildman–Crippen LogP) is 4.06. The third kappa shape index (κ3) is 5.04. The average molecular weight is 280 g/mol. The minimum Gasteiger partial charge on any atom is -0.313 e. The van der Waals surface area contributed by atoms with Crippen LogP contribution in [0.4, 0.5) is 0 Å². The fourth-order valence-corrected chi connectivity index (χ4v) is 3.79. The average Bonchev–Trinajstić information content (AvgIpc) is 3.25. The van der Waals surface area contributed by atoms with Crippen LogP contribution in [0.25, 0.3) is 0 Å². The van der Waals surface area contributed by atoms with Crippen LogP contribution in [0.3, 0.4) is 0 Å². The molecule has 2 saturated carbocycles. The van der Waals surface area contributed by atoms with E-state index in [0.717, 1.165) is 12.0 Å². The third-order valence-corrected chi connectivity index (χ3v) is 5.32. The molecule has 0 amide bonds. The van der Waals surface area contributed by atoms with E-state index in [0.29, 0.717) is 5.41 Å². The van der Waals surface area contributed by atoms with E-state index in [1.54, 1.807) is 0 Å². The lowest BCUT2D eigenvalue weighted by molar-refractivity contribution is 0.0857. The second-order valence-corrected chi connectivity index (χ2v) is 7.61. The summed E-state index contributed by atoms with van der Waals surface area (Å²) in [4.78, 5) is 2.74. The SMILES string of the molecule is CCCN(CCC)CC1(CNC2CC2)CCC(C)CC1. The molecule has 1 N–H and O–H groups in total. The highest BCUT2D eigenvalue weighted by molar-refractivity contribution is 4.92. The Kier molecular flexibility index (Phi) is 6.35. The van der Waals surface area contributed by atoms with Crippen molar-refractivity contribution in [1.82, 2.24) is 10.2 Å². The van der Waals surface area contributed by atoms with Crippen LogP contribution >= 0.6 is 0 Å². The summed E-state index contributed by atoms with van der Waals surface area (Å²) in [5.41, 5.74) is 0.569. The van der Waals surface area contributed by atoms with Gasteiger partial charge in [0.05, 0.1) is 0 Å². The zero-order valence-electron chi connectivity index (χ0n) is 14.1. The zero-order valence-corrected chi connectivity index (χ0v) is 14.1. The molecule has 118 valence electrons. The first-order valence-electron chi connectivity index (χ1n) is 9.13. The highest BCUT2D eigenvalue weighted by Crippen LogP contribution is 2.40. The standard InChI is InChI=1S/C18H36N2/c1-4-12-20(13-5-2)15-18(14-19-17-6-7-17)10-8-16(3)9-11-18/h16-17,19H,4-15H2,1-3H3. The highest BCUT2D eigenvalue weighted by atomic mass is 15.1. The first-order valence-corrected chi connectivity index (χ1v) is 9.13. The molecule has 2 nitrogen and oxygen atoms in total. The van der Waals surface area contributed by atoms with Gasteiger partial charge in [-0.05, 0) is 62.9 Å². The second-order valence-electron chi connectivity index (χ2n) is 7.61. The molecule has 0 aromatic carbocycles. The maximum Gasteiger partial charge on any atom is 0.00684 e. The highest BCUT2D eigenvalue weighted by Gasteiger charge is 2.36. The van der Waals surface area contributed by atoms with Gasteiger partial charge in [-0.25, -0.2) is 0 Å². The summed E-state index contributed by atoms with van der Waals surface area (Å²) in [5, 5.41) is 3.84. The number of rotatable bonds is 9. The number of nitrogens with one attached hydrogen (secondary N) is 1. The lowest BCUT2D eigenvalue weighted by Gasteiger charge is -2.43. The summed E-state index contributed by atoms with van der Waals surface area (Å²) in [7, 11) is 0. The summed E-state index contributed by atoms with van der Waals surface area (Å²) in [6.45, 7) is 12.3. The molecule has 0 aromatic heterocycles. The molecule has 0 aromatic rings. The van der Waals surface area contributed by atoms with Crippen LogP contribution in [0.5, 0.6) is 0 Å². The van der Waals surface area contributed by atoms with Crippen molar-refractivity contribution in [2.75, 3.05) is 26.2 Å². The van der Waals surface area contributed by atoms with Crippen molar-refractivity contribution < 1.29 is 0 Å². The molecule has 2 heteroatoms. The molecule has 0 saturated heterocycles. The molecular formula is C18H36N2. The zero-order chi connectivity index (χ0) is 14.4. The monoisotopic (exact) mass is 280 g/mol. The first-order chi connectivity index (χ1) is 9.67. The van der Waals surface area contributed by atoms with Gasteiger partial charge >= 0.3 is 0 Å². The van der Waals surface area contributed by atoms with Gasteiger partial charge in [0.2, 0.25) is 0 Å². The Bertz CT molecular complexity index is 259. The maximum atomic E-state index is 3.84. The van der Waals surface area contributed by atoms with Crippen LogP contribution in [0.2, 0.25) is 0 Å². The molecule has 0 bridgehead atoms. The van der Waals surface area contributed by atoms with E-state index >= 15 is 0 Å². The normalized spacial score (nSPS) is 30.9. The Labute approximate surface area is 126 Å². The summed E-state index contributed by atoms with van der Waals surface area (Å²) in [6, 6.07) is 0.858. The summed E-state index contributed by atoms with van der Waals surface area (Å²) >= 11 is 0. The minimum atomic E-state index is 0.569. The van der Waals surface area contributed by atoms with Crippen molar-refractivity contribution in [2.24, 2.45) is 11.3 Å². The molecule has 2 aliphatic carbocycles. The van der Waals surface area contributed by atoms with E-state index in [4.69, 9.17) is 0 Å². The first kappa shape index (κ1) is 16.3. The molecule has 0 atom stereocenters. The number of hydrogen-bond donors (Lipinski definition) is 1. The summed E-state index contributed by atoms with van der Waals surface area (Å²) in [6.07, 6.45) is 11.2. The number of nitrogens with zero attached hydrogens (tertiary/aromatic N) is 1. The summed E-state index contributed by atoms with van der Waals surface area (Å²) < 4.78 is 0. The van der Waals surface area contributed by atoms with Gasteiger partial charge in [0, 0.05) is 19.1 Å². The molecule has 2 rings (SSSR count). The van der Waals surface area contributed by atoms with Crippen molar-refractivity contribution in [3.05, 3.63) is 0 Å². The van der Waals surface area contributed by atoms with Gasteiger partial charge in [0.1, 0.15) is 0 Å². The molecular weight excluding hydrogens is 244 g/mol. The Balaban J connectivity index is 1.92. The van der Waals surface area contributed by atoms with Gasteiger partial charge in [-0.3, -0.25) is 0 Å². The molecule has 20 heavy (non-hydrogen) atoms. The fourth-order valence-electron chi connectivity index (χ4n) is 3.79. The van der Waals surface area contributed by atoms with Gasteiger partial charge in [-0.15, -0.1) is 0 Å². The van der Waals surface area contributed by atoms with Gasteiger partial charge in [-0.2, -0.15) is 0 Å². The van der Waals surface area contributed by atoms with Crippen LogP contribution in [-0.2, 0) is 0 Å². The Morgan fingerprint density at radius 3 is 2.10 bits per heavy atom. The van der Waals surface area contributed by atoms with Gasteiger partial charge in [0.25, 0.3) is 0 Å². The van der Waals surface area contributed by atoms with E-state index < -0.39 is 0 Å². The fraction of sp³-hybridized carbons (Fsp3) is 1.00. The lowest BCUT2D eigenvalue weighted by atomic mass is 9.70. The molecule has 0 aliphatic heterocycles. The van der Waals surface area contributed by atoms with Gasteiger partial charge < -0.3 is 10.2 Å². The van der Waals surface area contributed by atoms with E-state index in [-0.39, 0.29) is 0 Å². The van der Waals surface area contributed by atoms with Crippen LogP contribution in [-0.4, -0.2) is 37.1 Å². The van der Waals surface area contributed by atoms with Crippen LogP contribution in [0.15, 0.2) is 0 Å². The smallest absolute Gasteiger partial charge is 0.00684 e. The lowest BCUT2D eigenvalue weighted by Crippen LogP contribution is -2.47. The molecule has 2 fully saturated rings. The van der Waals surface area contributed by atoms with Gasteiger partial charge in [-0.1, -0.05) is 33.6 Å². The van der Waals surface area contributed by atoms with E-state index in [1.807, 2.05) is 0 Å². The maximum absolute atomic E-state index is 3.84. The van der Waals surface area contributed by atoms with E-state index in [1.165, 1.54) is 77.5 Å². The van der Waals surface area contributed by atoms with Crippen LogP contribution in [0, 0.1) is 11.3 Å². The third-order valence-electron chi connectivity index (χ3n) is 5.32. The molecule has 0 spiro atoms. The predicted molar refractivity (Wildman–Crippen MR) is 88.1 cm³/mol. The van der Waals surface area contributed by atoms with Crippen LogP contribution in [0.1, 0.15) is 72.1 Å². The molecule has 2 aliphatic rings. The Morgan fingerprint density at radius 1 is 1.00 bits per heavy atom. The quantitative estimate of drug-likeness (QED) is 0.685. The summed E-state index contributed by atoms with van der Waals surface area (Å²) in [5.74, 6) is 0.954. The topological polar surface area (TPSA) is 15.3 Å². The van der Waals surface area contributed by atoms with E-state index in [2.05, 4.69) is 31.0 Å².